The van der Waals surface area contributed by atoms with Crippen molar-refractivity contribution in [3.05, 3.63) is 80.1 Å². The highest BCUT2D eigenvalue weighted by Gasteiger charge is 2.55. The summed E-state index contributed by atoms with van der Waals surface area (Å²) in [5.74, 6) is -24.4. The van der Waals surface area contributed by atoms with Crippen LogP contribution in [0, 0.1) is 69.0 Å². The number of hydrogen-bond acceptors (Lipinski definition) is 0. The molecule has 1 aliphatic rings. The Morgan fingerprint density at radius 1 is 0.526 bits per heavy atom. The lowest BCUT2D eigenvalue weighted by molar-refractivity contribution is 0.382. The molecule has 2 aromatic rings. The van der Waals surface area contributed by atoms with Crippen molar-refractivity contribution >= 4 is 25.7 Å². The lowest BCUT2D eigenvalue weighted by Gasteiger charge is -2.51. The molecule has 1 heterocycles. The van der Waals surface area contributed by atoms with Crippen LogP contribution in [0.4, 0.5) is 43.9 Å². The van der Waals surface area contributed by atoms with Crippen LogP contribution in [-0.4, -0.2) is 14.8 Å². The van der Waals surface area contributed by atoms with Gasteiger partial charge in [-0.2, -0.15) is 0 Å². The Kier molecular flexibility index (Phi) is 7.36. The maximum atomic E-state index is 15.2. The van der Waals surface area contributed by atoms with Gasteiger partial charge in [0.2, 0.25) is 0 Å². The molecule has 2 aromatic carbocycles. The highest BCUT2D eigenvalue weighted by Crippen LogP contribution is 2.52. The summed E-state index contributed by atoms with van der Waals surface area (Å²) in [6.07, 6.45) is 1.63. The second kappa shape index (κ2) is 9.31. The van der Waals surface area contributed by atoms with E-state index >= 15 is 17.6 Å². The lowest BCUT2D eigenvalue weighted by atomic mass is 9.34. The fourth-order valence-electron chi connectivity index (χ4n) is 5.40. The van der Waals surface area contributed by atoms with E-state index in [1.165, 1.54) is 0 Å². The molecule has 3 rings (SSSR count). The van der Waals surface area contributed by atoms with Crippen molar-refractivity contribution in [2.24, 2.45) is 10.8 Å². The van der Waals surface area contributed by atoms with Crippen molar-refractivity contribution in [1.29, 1.82) is 0 Å². The predicted octanol–water partition coefficient (Wildman–Crippen LogP) is 7.34. The van der Waals surface area contributed by atoms with Gasteiger partial charge in [0.25, 0.3) is 6.71 Å². The summed E-state index contributed by atoms with van der Waals surface area (Å²) in [7, 11) is -2.76. The molecule has 0 aromatic heterocycles. The van der Waals surface area contributed by atoms with E-state index in [1.54, 1.807) is 47.6 Å². The Labute approximate surface area is 215 Å². The molecule has 0 atom stereocenters. The van der Waals surface area contributed by atoms with Gasteiger partial charge in [-0.25, -0.2) is 43.9 Å². The summed E-state index contributed by atoms with van der Waals surface area (Å²) >= 11 is 0. The molecule has 0 bridgehead atoms. The van der Waals surface area contributed by atoms with Crippen LogP contribution in [0.2, 0.25) is 13.1 Å². The zero-order valence-electron chi connectivity index (χ0n) is 21.9. The summed E-state index contributed by atoms with van der Waals surface area (Å²) in [6.45, 7) is 11.3. The molecule has 0 spiro atoms. The Morgan fingerprint density at radius 3 is 1.08 bits per heavy atom. The monoisotopic (exact) mass is 566 g/mol. The molecule has 0 unspecified atom stereocenters. The molecule has 0 aliphatic carbocycles. The molecule has 0 fully saturated rings. The minimum Gasteiger partial charge on any atom is -0.204 e. The Bertz CT molecular complexity index is 1280. The molecule has 0 saturated carbocycles. The van der Waals surface area contributed by atoms with Crippen LogP contribution in [0.15, 0.2) is 21.9 Å². The normalized spacial score (nSPS) is 16.8. The van der Waals surface area contributed by atoms with E-state index in [0.717, 1.165) is 0 Å². The van der Waals surface area contributed by atoms with Crippen molar-refractivity contribution in [1.82, 2.24) is 0 Å². The first-order chi connectivity index (χ1) is 17.1. The number of halogens is 10. The fraction of sp³-hybridized carbons (Fsp3) is 0.385. The van der Waals surface area contributed by atoms with Gasteiger partial charge >= 0.3 is 0 Å². The zero-order chi connectivity index (χ0) is 29.4. The van der Waals surface area contributed by atoms with Gasteiger partial charge in [-0.05, 0) is 10.8 Å². The average molecular weight is 566 g/mol. The van der Waals surface area contributed by atoms with E-state index in [-0.39, 0.29) is 5.47 Å². The molecular weight excluding hydrogens is 541 g/mol. The molecule has 12 heteroatoms. The van der Waals surface area contributed by atoms with Crippen molar-refractivity contribution in [2.45, 2.75) is 54.6 Å². The smallest absolute Gasteiger partial charge is 0.204 e. The molecule has 0 saturated heterocycles. The van der Waals surface area contributed by atoms with Crippen molar-refractivity contribution < 1.29 is 43.9 Å². The Balaban J connectivity index is 2.70. The minimum absolute atomic E-state index is 0.226. The van der Waals surface area contributed by atoms with Crippen LogP contribution in [0.3, 0.4) is 0 Å². The quantitative estimate of drug-likeness (QED) is 0.158. The number of rotatable bonds is 3. The maximum absolute atomic E-state index is 15.2. The summed E-state index contributed by atoms with van der Waals surface area (Å²) < 4.78 is 146. The molecule has 0 radical (unpaired) electrons. The highest BCUT2D eigenvalue weighted by molar-refractivity contribution is 7.05. The lowest BCUT2D eigenvalue weighted by Crippen LogP contribution is -2.61. The molecule has 206 valence electrons. The summed E-state index contributed by atoms with van der Waals surface area (Å²) in [5.41, 5.74) is -5.15. The van der Waals surface area contributed by atoms with Gasteiger partial charge in [0.05, 0.1) is 0 Å². The molecule has 0 N–H and O–H groups in total. The second-order valence-electron chi connectivity index (χ2n) is 12.0. The summed E-state index contributed by atoms with van der Waals surface area (Å²) in [6, 6.07) is 0. The molecule has 1 aliphatic heterocycles. The van der Waals surface area contributed by atoms with Crippen LogP contribution < -0.4 is 10.9 Å². The van der Waals surface area contributed by atoms with Crippen molar-refractivity contribution in [3.63, 3.8) is 0 Å². The van der Waals surface area contributed by atoms with Gasteiger partial charge in [0.1, 0.15) is 8.07 Å². The first-order valence-corrected chi connectivity index (χ1v) is 14.6. The SMILES string of the molecule is CC(C)(C)/C=C1/C(B(c2c(F)c(F)c(F)c(F)c2F)c2c(F)c(F)c(F)c(F)c2F)=C(C(C)(C)C)[Si]1(C)C. The molecule has 38 heavy (non-hydrogen) atoms. The van der Waals surface area contributed by atoms with Crippen LogP contribution >= 0.6 is 0 Å². The van der Waals surface area contributed by atoms with E-state index in [2.05, 4.69) is 0 Å². The molecule has 0 nitrogen and oxygen atoms in total. The van der Waals surface area contributed by atoms with Crippen LogP contribution in [0.1, 0.15) is 41.5 Å². The van der Waals surface area contributed by atoms with E-state index < -0.39 is 94.7 Å². The third-order valence-corrected chi connectivity index (χ3v) is 10.6. The van der Waals surface area contributed by atoms with Crippen LogP contribution in [-0.2, 0) is 0 Å². The van der Waals surface area contributed by atoms with E-state index in [4.69, 9.17) is 0 Å². The number of hydrogen-bond donors (Lipinski definition) is 0. The van der Waals surface area contributed by atoms with E-state index in [0.29, 0.717) is 10.4 Å². The van der Waals surface area contributed by atoms with E-state index in [9.17, 15) is 26.3 Å². The maximum Gasteiger partial charge on any atom is 0.256 e. The van der Waals surface area contributed by atoms with Gasteiger partial charge in [-0.1, -0.05) is 76.6 Å². The second-order valence-corrected chi connectivity index (χ2v) is 16.3. The highest BCUT2D eigenvalue weighted by atomic mass is 28.3. The molecular formula is C26H25BF10Si. The Hall–Kier alpha value is -2.50. The van der Waals surface area contributed by atoms with Crippen molar-refractivity contribution in [3.8, 4) is 0 Å². The van der Waals surface area contributed by atoms with Crippen LogP contribution in [0.25, 0.3) is 0 Å². The predicted molar refractivity (Wildman–Crippen MR) is 129 cm³/mol. The molecule has 0 amide bonds. The van der Waals surface area contributed by atoms with Crippen molar-refractivity contribution in [2.75, 3.05) is 0 Å². The number of benzene rings is 2. The van der Waals surface area contributed by atoms with Gasteiger partial charge in [0.15, 0.2) is 58.2 Å². The van der Waals surface area contributed by atoms with E-state index in [1.807, 2.05) is 13.1 Å². The first kappa shape index (κ1) is 30.0. The summed E-state index contributed by atoms with van der Waals surface area (Å²) in [4.78, 5) is 0. The Morgan fingerprint density at radius 2 is 0.816 bits per heavy atom. The largest absolute Gasteiger partial charge is 0.256 e. The minimum atomic E-state index is -2.76. The summed E-state index contributed by atoms with van der Waals surface area (Å²) in [5, 5.41) is 0.756. The van der Waals surface area contributed by atoms with Gasteiger partial charge in [-0.3, -0.25) is 0 Å². The van der Waals surface area contributed by atoms with Crippen LogP contribution in [0.5, 0.6) is 0 Å². The zero-order valence-corrected chi connectivity index (χ0v) is 22.9. The van der Waals surface area contributed by atoms with Gasteiger partial charge in [-0.15, -0.1) is 0 Å². The fourth-order valence-corrected chi connectivity index (χ4v) is 10.0. The standard InChI is InChI=1S/C26H25BF10Si/c1-25(2,3)9-10-11(24(26(4,5)6)38(10,7)8)27(12-14(28)18(32)22(36)19(33)15(12)29)13-16(30)20(34)23(37)21(35)17(13)31/h9H,1-8H3/b10-9-. The third-order valence-electron chi connectivity index (χ3n) is 6.54. The number of allylic oxidation sites excluding steroid dienone is 4. The van der Waals surface area contributed by atoms with Gasteiger partial charge < -0.3 is 0 Å². The topological polar surface area (TPSA) is 0 Å². The van der Waals surface area contributed by atoms with Gasteiger partial charge in [0, 0.05) is 10.9 Å². The average Bonchev–Trinajstić information content (AvgIpc) is 2.78. The third kappa shape index (κ3) is 4.52. The first-order valence-electron chi connectivity index (χ1n) is 11.6.